The minimum Gasteiger partial charge on any atom is -0.462 e. The van der Waals surface area contributed by atoms with Crippen LogP contribution in [0, 0.1) is 5.92 Å². The fourth-order valence-electron chi connectivity index (χ4n) is 11.7. The van der Waals surface area contributed by atoms with Gasteiger partial charge in [-0.2, -0.15) is 0 Å². The van der Waals surface area contributed by atoms with E-state index in [0.717, 1.165) is 4.58 Å². The highest BCUT2D eigenvalue weighted by molar-refractivity contribution is 5.98. The molecule has 0 saturated carbocycles. The van der Waals surface area contributed by atoms with Crippen LogP contribution in [0.25, 0.3) is 0 Å². The fourth-order valence-corrected chi connectivity index (χ4v) is 11.7. The Bertz CT molecular complexity index is 3100. The number of guanidine groups is 2. The number of hydrogen-bond acceptors (Lipinski definition) is 30. The average Bonchev–Trinajstić information content (AvgIpc) is 1.47. The van der Waals surface area contributed by atoms with Crippen molar-refractivity contribution in [3.05, 3.63) is 65.7 Å². The molecule has 0 spiro atoms. The fraction of sp³-hybridized carbons (Fsp3) is 0.638. The van der Waals surface area contributed by atoms with E-state index in [2.05, 4.69) is 47.5 Å². The van der Waals surface area contributed by atoms with Gasteiger partial charge in [-0.25, -0.2) is 4.58 Å². The number of amides is 6. The van der Waals surface area contributed by atoms with E-state index < -0.39 is 239 Å². The van der Waals surface area contributed by atoms with E-state index in [9.17, 15) is 90.4 Å². The Kier molecular flexibility index (Phi) is 25.2. The zero-order chi connectivity index (χ0) is 70.1. The van der Waals surface area contributed by atoms with Crippen LogP contribution in [0.1, 0.15) is 44.2 Å². The van der Waals surface area contributed by atoms with Crippen LogP contribution >= 0.6 is 0 Å². The standard InChI is InChI=1S/C58H84N12O26/c1-21(2)13-33(75)94-47-39(78)30(19-72)92-56(45(47)84)95-46-31(20-73)93-55(44(83)41(46)80)91-25-11-9-23(10-12-25)14-26-49(86)68-35(37(76)27-15-62-57(59)66-27)52(89)69-36(38(77)29-16-63-58(60)70(29)53-42(81)40(79)43(82)54(90)96-53)51(88)65-28(18-71)48(85)61-17-32(74)67-34(50(87)64-26)22(3)24-7-5-4-6-8-24/h4-12,21-22,26-31,34-47,53-56,71-73,76-84,90H,13-20H2,1-3H3,(H11,59,60,61,62,63,64,65,66,67,68,69,74,85,86,87,88,89)/p+2/t22-,26+,27-,28-,29-,30+,31+,34-,35-,36+,37-,38-,39+,40+,41+,42-,43-,44-,45-,46+,47-,53-,54-,55-,56+/m0/s1. The van der Waals surface area contributed by atoms with Crippen molar-refractivity contribution in [2.45, 2.75) is 186 Å². The second-order valence-electron chi connectivity index (χ2n) is 24.4. The summed E-state index contributed by atoms with van der Waals surface area (Å²) in [5, 5.41) is 162. The number of esters is 1. The van der Waals surface area contributed by atoms with Gasteiger partial charge in [-0.3, -0.25) is 60.7 Å². The van der Waals surface area contributed by atoms with E-state index in [0.29, 0.717) is 5.56 Å². The normalized spacial score (nSPS) is 36.2. The molecule has 0 aromatic heterocycles. The van der Waals surface area contributed by atoms with Gasteiger partial charge in [0.2, 0.25) is 48.0 Å². The smallest absolute Gasteiger partial charge is 0.346 e. The summed E-state index contributed by atoms with van der Waals surface area (Å²) in [7, 11) is 0. The molecule has 8 rings (SSSR count). The van der Waals surface area contributed by atoms with E-state index in [1.807, 2.05) is 0 Å². The number of hydrogen-bond donors (Lipinski definition) is 24. The van der Waals surface area contributed by atoms with Crippen LogP contribution in [-0.4, -0.2) is 310 Å². The van der Waals surface area contributed by atoms with Crippen LogP contribution in [0.3, 0.4) is 0 Å². The molecule has 4 saturated heterocycles. The molecule has 96 heavy (non-hydrogen) atoms. The molecule has 6 aliphatic heterocycles. The Morgan fingerprint density at radius 2 is 1.25 bits per heavy atom. The summed E-state index contributed by atoms with van der Waals surface area (Å²) in [6, 6.07) is 0.909. The maximum absolute atomic E-state index is 15.2. The van der Waals surface area contributed by atoms with Crippen molar-refractivity contribution >= 4 is 53.3 Å². The molecule has 0 aliphatic carbocycles. The Labute approximate surface area is 546 Å². The van der Waals surface area contributed by atoms with E-state index in [1.165, 1.54) is 24.3 Å². The van der Waals surface area contributed by atoms with E-state index >= 15 is 9.59 Å². The third kappa shape index (κ3) is 17.2. The van der Waals surface area contributed by atoms with Crippen LogP contribution in [0.15, 0.2) is 54.6 Å². The molecule has 6 amide bonds. The maximum atomic E-state index is 15.2. The number of benzene rings is 2. The summed E-state index contributed by atoms with van der Waals surface area (Å²) >= 11 is 0. The molecule has 26 N–H and O–H groups in total. The molecule has 0 unspecified atom stereocenters. The molecule has 38 heteroatoms. The summed E-state index contributed by atoms with van der Waals surface area (Å²) in [6.45, 7) is 0.557. The van der Waals surface area contributed by atoms with Gasteiger partial charge in [-0.1, -0.05) is 63.2 Å². The van der Waals surface area contributed by atoms with Crippen molar-refractivity contribution < 1.29 is 138 Å². The van der Waals surface area contributed by atoms with E-state index in [4.69, 9.17) is 39.9 Å². The van der Waals surface area contributed by atoms with Crippen molar-refractivity contribution in [1.82, 2.24) is 42.5 Å². The van der Waals surface area contributed by atoms with Crippen molar-refractivity contribution in [3.8, 4) is 5.75 Å². The number of rotatable bonds is 19. The lowest BCUT2D eigenvalue weighted by atomic mass is 9.92. The second-order valence-corrected chi connectivity index (χ2v) is 24.4. The number of aliphatic hydroxyl groups excluding tert-OH is 13. The van der Waals surface area contributed by atoms with Crippen molar-refractivity contribution in [3.63, 3.8) is 0 Å². The van der Waals surface area contributed by atoms with Gasteiger partial charge < -0.3 is 127 Å². The van der Waals surface area contributed by atoms with Gasteiger partial charge >= 0.3 is 17.9 Å². The molecule has 38 nitrogen and oxygen atoms in total. The first kappa shape index (κ1) is 74.2. The van der Waals surface area contributed by atoms with Crippen LogP contribution in [0.4, 0.5) is 0 Å². The quantitative estimate of drug-likeness (QED) is 0.0459. The number of carbonyl (C=O) groups is 7. The van der Waals surface area contributed by atoms with Gasteiger partial charge in [0.05, 0.1) is 32.9 Å². The highest BCUT2D eigenvalue weighted by atomic mass is 16.7. The molecule has 6 heterocycles. The van der Waals surface area contributed by atoms with Crippen LogP contribution in [0.2, 0.25) is 0 Å². The SMILES string of the molecule is CC(C)CC(=O)O[C@@H]1[C@H](O)[C@@H](O[C@H]2[C@H](O)[C@H](O)[C@@H](Oc3ccc(C[C@H]4NC(=O)[C@H]([C@@H](C)c5ccccc5)NC(=O)CNC(=O)[C@H](CO)NC(=O)[C@@H]([C@@H](O)[C@@H]5CNC(N)=[N+]5[C@H]5O[C@H](O)[C@@H](O)[C@H](O)[C@@H]5O)NC(=O)[C@H]([C@@H](O)[C@@H]5C[NH+]=C(N)N5)NC4=O)cc3)O[C@@H]2CO)O[C@H](CO)[C@H]1O. The van der Waals surface area contributed by atoms with Gasteiger partial charge in [0.25, 0.3) is 0 Å². The summed E-state index contributed by atoms with van der Waals surface area (Å²) < 4.78 is 34.7. The van der Waals surface area contributed by atoms with E-state index in [-0.39, 0.29) is 36.2 Å². The minimum atomic E-state index is -2.34. The number of nitrogens with zero attached hydrogens (tertiary/aromatic N) is 1. The summed E-state index contributed by atoms with van der Waals surface area (Å²) in [4.78, 5) is 103. The molecule has 2 aromatic carbocycles. The Morgan fingerprint density at radius 1 is 0.625 bits per heavy atom. The second kappa shape index (κ2) is 32.6. The number of nitrogens with two attached hydrogens (primary N) is 2. The van der Waals surface area contributed by atoms with Crippen molar-refractivity contribution in [2.24, 2.45) is 17.4 Å². The highest BCUT2D eigenvalue weighted by Gasteiger charge is 2.55. The summed E-state index contributed by atoms with van der Waals surface area (Å²) in [5.74, 6) is -9.76. The largest absolute Gasteiger partial charge is 0.462 e. The van der Waals surface area contributed by atoms with Gasteiger partial charge in [0, 0.05) is 18.8 Å². The highest BCUT2D eigenvalue weighted by Crippen LogP contribution is 2.33. The third-order valence-electron chi connectivity index (χ3n) is 17.2. The zero-order valence-electron chi connectivity index (χ0n) is 52.1. The lowest BCUT2D eigenvalue weighted by Crippen LogP contribution is -2.74. The van der Waals surface area contributed by atoms with Gasteiger partial charge in [0.1, 0.15) is 128 Å². The number of nitrogens with one attached hydrogen (secondary N) is 9. The molecular weight excluding hydrogens is 1280 g/mol. The topological polar surface area (TPSA) is 603 Å². The first-order valence-electron chi connectivity index (χ1n) is 30.9. The van der Waals surface area contributed by atoms with Crippen LogP contribution in [-0.2, 0) is 63.7 Å². The number of carbonyl (C=O) groups excluding carboxylic acids is 7. The molecule has 0 bridgehead atoms. The number of ether oxygens (including phenoxy) is 6. The molecule has 532 valence electrons. The lowest BCUT2D eigenvalue weighted by Gasteiger charge is -2.46. The first-order valence-corrected chi connectivity index (χ1v) is 30.9. The lowest BCUT2D eigenvalue weighted by molar-refractivity contribution is -0.668. The summed E-state index contributed by atoms with van der Waals surface area (Å²) in [6.07, 6.45) is -32.8. The van der Waals surface area contributed by atoms with Crippen LogP contribution in [0.5, 0.6) is 5.75 Å². The van der Waals surface area contributed by atoms with Gasteiger partial charge in [0.15, 0.2) is 18.7 Å². The van der Waals surface area contributed by atoms with E-state index in [1.54, 1.807) is 51.1 Å². The van der Waals surface area contributed by atoms with Gasteiger partial charge in [-0.15, -0.1) is 0 Å². The zero-order valence-corrected chi connectivity index (χ0v) is 52.1. The molecule has 4 fully saturated rings. The molecule has 6 aliphatic rings. The Hall–Kier alpha value is -7.61. The molecule has 25 atom stereocenters. The number of aliphatic hydroxyl groups is 13. The Balaban J connectivity index is 1.09. The predicted molar refractivity (Wildman–Crippen MR) is 319 cm³/mol. The molecule has 2 aromatic rings. The predicted octanol–water partition coefficient (Wildman–Crippen LogP) is -14.7. The maximum Gasteiger partial charge on any atom is 0.346 e. The van der Waals surface area contributed by atoms with Crippen molar-refractivity contribution in [1.29, 1.82) is 0 Å². The third-order valence-corrected chi connectivity index (χ3v) is 17.2. The first-order chi connectivity index (χ1) is 45.5. The van der Waals surface area contributed by atoms with Crippen molar-refractivity contribution in [2.75, 3.05) is 39.5 Å². The van der Waals surface area contributed by atoms with Gasteiger partial charge in [-0.05, 0) is 29.2 Å². The monoisotopic (exact) mass is 1370 g/mol. The van der Waals surface area contributed by atoms with Crippen LogP contribution < -0.4 is 63.7 Å². The summed E-state index contributed by atoms with van der Waals surface area (Å²) in [5.41, 5.74) is 12.9. The molecular formula is C58H86N12O26+2. The Morgan fingerprint density at radius 3 is 1.89 bits per heavy atom. The molecule has 0 radical (unpaired) electrons. The average molecular weight is 1370 g/mol. The minimum absolute atomic E-state index is 0.0825.